The van der Waals surface area contributed by atoms with Crippen LogP contribution in [0.2, 0.25) is 0 Å². The van der Waals surface area contributed by atoms with Crippen LogP contribution < -0.4 is 10.7 Å². The van der Waals surface area contributed by atoms with Gasteiger partial charge in [0.2, 0.25) is 5.91 Å². The van der Waals surface area contributed by atoms with Gasteiger partial charge in [-0.25, -0.2) is 0 Å². The predicted molar refractivity (Wildman–Crippen MR) is 99.3 cm³/mol. The summed E-state index contributed by atoms with van der Waals surface area (Å²) in [5, 5.41) is 3.31. The van der Waals surface area contributed by atoms with Crippen molar-refractivity contribution in [3.05, 3.63) is 87.3 Å². The van der Waals surface area contributed by atoms with Crippen molar-refractivity contribution in [1.29, 1.82) is 0 Å². The van der Waals surface area contributed by atoms with Gasteiger partial charge in [0, 0.05) is 12.6 Å². The van der Waals surface area contributed by atoms with E-state index in [1.807, 2.05) is 44.2 Å². The second kappa shape index (κ2) is 7.18. The second-order valence-corrected chi connectivity index (χ2v) is 6.06. The lowest BCUT2D eigenvalue weighted by atomic mass is 10.1. The third-order valence-electron chi connectivity index (χ3n) is 3.96. The van der Waals surface area contributed by atoms with Crippen molar-refractivity contribution in [3.8, 4) is 0 Å². The van der Waals surface area contributed by atoms with Gasteiger partial charge in [-0.15, -0.1) is 0 Å². The Bertz CT molecular complexity index is 998. The Labute approximate surface area is 145 Å². The van der Waals surface area contributed by atoms with E-state index < -0.39 is 0 Å². The normalized spacial score (nSPS) is 11.1. The molecule has 4 nitrogen and oxygen atoms in total. The molecule has 0 spiro atoms. The first-order valence-corrected chi connectivity index (χ1v) is 8.06. The first kappa shape index (κ1) is 16.7. The molecule has 3 rings (SSSR count). The lowest BCUT2D eigenvalue weighted by molar-refractivity contribution is -0.116. The Balaban J connectivity index is 1.71. The molecule has 0 atom stereocenters. The highest BCUT2D eigenvalue weighted by Gasteiger charge is 2.05. The molecule has 1 heterocycles. The first-order valence-electron chi connectivity index (χ1n) is 8.06. The highest BCUT2D eigenvalue weighted by Crippen LogP contribution is 2.13. The molecular formula is C21H19NO3. The molecule has 0 radical (unpaired) electrons. The van der Waals surface area contributed by atoms with Gasteiger partial charge in [0.1, 0.15) is 11.8 Å². The van der Waals surface area contributed by atoms with Gasteiger partial charge >= 0.3 is 0 Å². The number of hydrogen-bond acceptors (Lipinski definition) is 3. The maximum absolute atomic E-state index is 12.5. The summed E-state index contributed by atoms with van der Waals surface area (Å²) in [5.41, 5.74) is 3.92. The SMILES string of the molecule is Cc1ccc(CNC(=O)/C=C/c2coc3ccc(C)cc3c2=O)cc1. The van der Waals surface area contributed by atoms with Crippen molar-refractivity contribution in [1.82, 2.24) is 5.32 Å². The Kier molecular flexibility index (Phi) is 4.80. The largest absolute Gasteiger partial charge is 0.463 e. The minimum absolute atomic E-state index is 0.146. The molecule has 0 saturated carbocycles. The highest BCUT2D eigenvalue weighted by molar-refractivity contribution is 5.92. The molecule has 126 valence electrons. The summed E-state index contributed by atoms with van der Waals surface area (Å²) in [7, 11) is 0. The minimum Gasteiger partial charge on any atom is -0.463 e. The second-order valence-electron chi connectivity index (χ2n) is 6.06. The van der Waals surface area contributed by atoms with Gasteiger partial charge in [-0.3, -0.25) is 9.59 Å². The number of fused-ring (bicyclic) bond motifs is 1. The molecule has 0 saturated heterocycles. The average molecular weight is 333 g/mol. The van der Waals surface area contributed by atoms with E-state index in [4.69, 9.17) is 4.42 Å². The number of amides is 1. The van der Waals surface area contributed by atoms with E-state index in [9.17, 15) is 9.59 Å². The van der Waals surface area contributed by atoms with Crippen molar-refractivity contribution in [2.75, 3.05) is 0 Å². The van der Waals surface area contributed by atoms with E-state index in [-0.39, 0.29) is 11.3 Å². The van der Waals surface area contributed by atoms with Crippen LogP contribution in [-0.4, -0.2) is 5.91 Å². The molecule has 25 heavy (non-hydrogen) atoms. The van der Waals surface area contributed by atoms with Crippen LogP contribution in [0.4, 0.5) is 0 Å². The fraction of sp³-hybridized carbons (Fsp3) is 0.143. The molecule has 0 aliphatic heterocycles. The Morgan fingerprint density at radius 1 is 1.08 bits per heavy atom. The fourth-order valence-corrected chi connectivity index (χ4v) is 2.49. The number of benzene rings is 2. The lowest BCUT2D eigenvalue weighted by Gasteiger charge is -2.03. The topological polar surface area (TPSA) is 59.3 Å². The van der Waals surface area contributed by atoms with E-state index in [1.165, 1.54) is 24.0 Å². The first-order chi connectivity index (χ1) is 12.0. The monoisotopic (exact) mass is 333 g/mol. The number of hydrogen-bond donors (Lipinski definition) is 1. The van der Waals surface area contributed by atoms with Crippen LogP contribution in [0, 0.1) is 13.8 Å². The number of carbonyl (C=O) groups excluding carboxylic acids is 1. The van der Waals surface area contributed by atoms with Crippen molar-refractivity contribution >= 4 is 23.0 Å². The Morgan fingerprint density at radius 3 is 2.56 bits per heavy atom. The molecule has 4 heteroatoms. The minimum atomic E-state index is -0.260. The third-order valence-corrected chi connectivity index (χ3v) is 3.96. The van der Waals surface area contributed by atoms with E-state index >= 15 is 0 Å². The number of nitrogens with one attached hydrogen (secondary N) is 1. The van der Waals surface area contributed by atoms with Crippen molar-refractivity contribution in [3.63, 3.8) is 0 Å². The van der Waals surface area contributed by atoms with Crippen LogP contribution in [0.1, 0.15) is 22.3 Å². The van der Waals surface area contributed by atoms with Crippen molar-refractivity contribution in [2.24, 2.45) is 0 Å². The molecule has 0 bridgehead atoms. The van der Waals surface area contributed by atoms with Gasteiger partial charge < -0.3 is 9.73 Å². The molecule has 1 aromatic heterocycles. The summed E-state index contributed by atoms with van der Waals surface area (Å²) in [6.45, 7) is 4.37. The van der Waals surface area contributed by atoms with Gasteiger partial charge in [-0.05, 0) is 37.6 Å². The maximum Gasteiger partial charge on any atom is 0.244 e. The lowest BCUT2D eigenvalue weighted by Crippen LogP contribution is -2.20. The van der Waals surface area contributed by atoms with Gasteiger partial charge in [0.15, 0.2) is 5.43 Å². The molecule has 1 N–H and O–H groups in total. The summed E-state index contributed by atoms with van der Waals surface area (Å²) in [6.07, 6.45) is 4.21. The zero-order chi connectivity index (χ0) is 17.8. The molecule has 0 fully saturated rings. The van der Waals surface area contributed by atoms with Crippen LogP contribution in [0.25, 0.3) is 17.0 Å². The quantitative estimate of drug-likeness (QED) is 0.740. The van der Waals surface area contributed by atoms with Crippen LogP contribution in [0.5, 0.6) is 0 Å². The summed E-state index contributed by atoms with van der Waals surface area (Å²) < 4.78 is 5.47. The van der Waals surface area contributed by atoms with Crippen LogP contribution >= 0.6 is 0 Å². The fourth-order valence-electron chi connectivity index (χ4n) is 2.49. The number of rotatable bonds is 4. The van der Waals surface area contributed by atoms with E-state index in [1.54, 1.807) is 12.1 Å². The van der Waals surface area contributed by atoms with Gasteiger partial charge in [-0.2, -0.15) is 0 Å². The molecule has 0 unspecified atom stereocenters. The molecule has 1 amide bonds. The van der Waals surface area contributed by atoms with Gasteiger partial charge in [0.25, 0.3) is 0 Å². The van der Waals surface area contributed by atoms with Gasteiger partial charge in [-0.1, -0.05) is 41.5 Å². The van der Waals surface area contributed by atoms with Crippen molar-refractivity contribution in [2.45, 2.75) is 20.4 Å². The van der Waals surface area contributed by atoms with Crippen LogP contribution in [-0.2, 0) is 11.3 Å². The highest BCUT2D eigenvalue weighted by atomic mass is 16.3. The van der Waals surface area contributed by atoms with E-state index in [0.29, 0.717) is 23.1 Å². The summed E-state index contributed by atoms with van der Waals surface area (Å²) in [4.78, 5) is 24.4. The van der Waals surface area contributed by atoms with E-state index in [2.05, 4.69) is 5.32 Å². The molecular weight excluding hydrogens is 314 g/mol. The van der Waals surface area contributed by atoms with Crippen LogP contribution in [0.15, 0.2) is 64.0 Å². The van der Waals surface area contributed by atoms with E-state index in [0.717, 1.165) is 11.1 Å². The zero-order valence-corrected chi connectivity index (χ0v) is 14.2. The average Bonchev–Trinajstić information content (AvgIpc) is 2.61. The Hall–Kier alpha value is -3.14. The summed E-state index contributed by atoms with van der Waals surface area (Å²) in [6, 6.07) is 13.4. The summed E-state index contributed by atoms with van der Waals surface area (Å²) in [5.74, 6) is -0.260. The molecule has 3 aromatic rings. The standard InChI is InChI=1S/C21H19NO3/c1-14-3-6-16(7-4-14)12-22-20(23)10-8-17-13-25-19-9-5-15(2)11-18(19)21(17)24/h3-11,13H,12H2,1-2H3,(H,22,23)/b10-8+. The maximum atomic E-state index is 12.5. The third kappa shape index (κ3) is 4.04. The van der Waals surface area contributed by atoms with Gasteiger partial charge in [0.05, 0.1) is 10.9 Å². The number of carbonyl (C=O) groups is 1. The number of aryl methyl sites for hydroxylation is 2. The summed E-state index contributed by atoms with van der Waals surface area (Å²) >= 11 is 0. The van der Waals surface area contributed by atoms with Crippen molar-refractivity contribution < 1.29 is 9.21 Å². The molecule has 2 aromatic carbocycles. The van der Waals surface area contributed by atoms with Crippen LogP contribution in [0.3, 0.4) is 0 Å². The zero-order valence-electron chi connectivity index (χ0n) is 14.2. The molecule has 0 aliphatic rings. The molecule has 0 aliphatic carbocycles. The smallest absolute Gasteiger partial charge is 0.244 e. The predicted octanol–water partition coefficient (Wildman–Crippen LogP) is 3.74. The Morgan fingerprint density at radius 2 is 1.80 bits per heavy atom.